The lowest BCUT2D eigenvalue weighted by molar-refractivity contribution is -0.141. The zero-order chi connectivity index (χ0) is 16.1. The van der Waals surface area contributed by atoms with Crippen molar-refractivity contribution in [1.82, 2.24) is 19.9 Å². The summed E-state index contributed by atoms with van der Waals surface area (Å²) in [4.78, 5) is 4.12. The molecule has 1 fully saturated rings. The Hall–Kier alpha value is -1.90. The van der Waals surface area contributed by atoms with Gasteiger partial charge in [0, 0.05) is 20.4 Å². The van der Waals surface area contributed by atoms with E-state index < -0.39 is 17.5 Å². The normalized spacial score (nSPS) is 18.5. The molecular weight excluding hydrogens is 301 g/mol. The summed E-state index contributed by atoms with van der Waals surface area (Å²) in [5.41, 5.74) is -2.02. The molecule has 3 rings (SSSR count). The van der Waals surface area contributed by atoms with Gasteiger partial charge in [-0.3, -0.25) is 4.68 Å². The van der Waals surface area contributed by atoms with Gasteiger partial charge >= 0.3 is 6.18 Å². The van der Waals surface area contributed by atoms with Gasteiger partial charge in [0.25, 0.3) is 5.89 Å². The molecule has 2 aromatic rings. The molecule has 0 N–H and O–H groups in total. The highest BCUT2D eigenvalue weighted by atomic mass is 19.4. The largest absolute Gasteiger partial charge is 0.435 e. The van der Waals surface area contributed by atoms with E-state index in [1.165, 1.54) is 20.4 Å². The van der Waals surface area contributed by atoms with E-state index in [0.717, 1.165) is 17.5 Å². The van der Waals surface area contributed by atoms with Crippen molar-refractivity contribution in [3.05, 3.63) is 17.8 Å². The van der Waals surface area contributed by atoms with E-state index in [2.05, 4.69) is 15.2 Å². The smallest absolute Gasteiger partial charge is 0.368 e. The van der Waals surface area contributed by atoms with Crippen LogP contribution < -0.4 is 0 Å². The maximum absolute atomic E-state index is 13.0. The number of nitrogens with zero attached hydrogens (tertiary/aromatic N) is 4. The molecule has 120 valence electrons. The van der Waals surface area contributed by atoms with Crippen LogP contribution in [0.5, 0.6) is 0 Å². The van der Waals surface area contributed by atoms with E-state index >= 15 is 0 Å². The van der Waals surface area contributed by atoms with Crippen LogP contribution in [-0.4, -0.2) is 27.0 Å². The monoisotopic (exact) mass is 316 g/mol. The highest BCUT2D eigenvalue weighted by molar-refractivity contribution is 5.57. The van der Waals surface area contributed by atoms with Gasteiger partial charge in [0.1, 0.15) is 5.60 Å². The van der Waals surface area contributed by atoms with Crippen molar-refractivity contribution < 1.29 is 22.4 Å². The molecule has 1 unspecified atom stereocenters. The number of hydrogen-bond acceptors (Lipinski definition) is 5. The minimum atomic E-state index is -4.58. The topological polar surface area (TPSA) is 66.0 Å². The Morgan fingerprint density at radius 3 is 2.59 bits per heavy atom. The third-order valence-corrected chi connectivity index (χ3v) is 3.97. The number of aryl methyl sites for hydroxylation is 1. The molecule has 0 radical (unpaired) electrons. The lowest BCUT2D eigenvalue weighted by Gasteiger charge is -2.23. The van der Waals surface area contributed by atoms with Gasteiger partial charge in [-0.1, -0.05) is 5.16 Å². The second-order valence-corrected chi connectivity index (χ2v) is 5.57. The first-order valence-electron chi connectivity index (χ1n) is 6.76. The van der Waals surface area contributed by atoms with Crippen molar-refractivity contribution in [1.29, 1.82) is 0 Å². The fourth-order valence-corrected chi connectivity index (χ4v) is 2.46. The fraction of sp³-hybridized carbons (Fsp3) is 0.615. The highest BCUT2D eigenvalue weighted by Gasteiger charge is 2.48. The molecule has 0 saturated heterocycles. The molecule has 1 aliphatic carbocycles. The maximum atomic E-state index is 13.0. The van der Waals surface area contributed by atoms with Crippen LogP contribution in [0, 0.1) is 5.92 Å². The van der Waals surface area contributed by atoms with Crippen LogP contribution in [0.25, 0.3) is 11.4 Å². The second-order valence-electron chi connectivity index (χ2n) is 5.57. The van der Waals surface area contributed by atoms with Crippen LogP contribution in [0.15, 0.2) is 10.7 Å². The van der Waals surface area contributed by atoms with Crippen molar-refractivity contribution in [2.45, 2.75) is 31.5 Å². The molecule has 1 saturated carbocycles. The highest BCUT2D eigenvalue weighted by Crippen LogP contribution is 2.47. The molecule has 0 bridgehead atoms. The Morgan fingerprint density at radius 1 is 1.36 bits per heavy atom. The zero-order valence-corrected chi connectivity index (χ0v) is 12.3. The fourth-order valence-electron chi connectivity index (χ4n) is 2.46. The number of hydrogen-bond donors (Lipinski definition) is 0. The molecule has 0 aromatic carbocycles. The molecule has 6 nitrogen and oxygen atoms in total. The van der Waals surface area contributed by atoms with E-state index in [1.54, 1.807) is 6.92 Å². The summed E-state index contributed by atoms with van der Waals surface area (Å²) >= 11 is 0. The Bertz CT molecular complexity index is 690. The number of aromatic nitrogens is 4. The quantitative estimate of drug-likeness (QED) is 0.868. The summed E-state index contributed by atoms with van der Waals surface area (Å²) in [5, 5.41) is 7.11. The van der Waals surface area contributed by atoms with Gasteiger partial charge in [-0.25, -0.2) is 0 Å². The van der Waals surface area contributed by atoms with Gasteiger partial charge in [-0.05, 0) is 25.7 Å². The number of halogens is 3. The summed E-state index contributed by atoms with van der Waals surface area (Å²) < 4.78 is 50.7. The first-order chi connectivity index (χ1) is 10.3. The minimum absolute atomic E-state index is 0.139. The third-order valence-electron chi connectivity index (χ3n) is 3.97. The van der Waals surface area contributed by atoms with Crippen LogP contribution >= 0.6 is 0 Å². The van der Waals surface area contributed by atoms with Crippen molar-refractivity contribution >= 4 is 0 Å². The lowest BCUT2D eigenvalue weighted by atomic mass is 10.0. The van der Waals surface area contributed by atoms with Gasteiger partial charge < -0.3 is 9.26 Å². The van der Waals surface area contributed by atoms with Crippen LogP contribution in [0.1, 0.15) is 31.4 Å². The first kappa shape index (κ1) is 15.0. The molecule has 0 aliphatic heterocycles. The summed E-state index contributed by atoms with van der Waals surface area (Å²) in [6, 6.07) is 0. The lowest BCUT2D eigenvalue weighted by Crippen LogP contribution is -2.27. The molecule has 2 heterocycles. The van der Waals surface area contributed by atoms with Gasteiger partial charge in [0.15, 0.2) is 5.69 Å². The molecule has 0 spiro atoms. The minimum Gasteiger partial charge on any atom is -0.368 e. The second kappa shape index (κ2) is 4.80. The SMILES string of the molecule is COC(C)(c1nc(-c2cn(C)nc2C(F)(F)F)no1)C1CC1. The standard InChI is InChI=1S/C13H15F3N4O2/c1-12(21-3,7-4-5-7)11-17-10(19-22-11)8-6-20(2)18-9(8)13(14,15)16/h6-7H,4-5H2,1-3H3. The average molecular weight is 316 g/mol. The van der Waals surface area contributed by atoms with Crippen LogP contribution in [-0.2, 0) is 23.6 Å². The Morgan fingerprint density at radius 2 is 2.05 bits per heavy atom. The van der Waals surface area contributed by atoms with Crippen LogP contribution in [0.4, 0.5) is 13.2 Å². The van der Waals surface area contributed by atoms with Crippen molar-refractivity contribution in [2.24, 2.45) is 13.0 Å². The van der Waals surface area contributed by atoms with Gasteiger partial charge in [0.05, 0.1) is 5.56 Å². The summed E-state index contributed by atoms with van der Waals surface area (Å²) in [5.74, 6) is 0.283. The molecule has 0 amide bonds. The summed E-state index contributed by atoms with van der Waals surface area (Å²) in [7, 11) is 2.93. The molecule has 9 heteroatoms. The van der Waals surface area contributed by atoms with Crippen LogP contribution in [0.3, 0.4) is 0 Å². The number of alkyl halides is 3. The van der Waals surface area contributed by atoms with E-state index in [1.807, 2.05) is 0 Å². The van der Waals surface area contributed by atoms with E-state index in [-0.39, 0.29) is 23.2 Å². The predicted octanol–water partition coefficient (Wildman–Crippen LogP) is 2.76. The summed E-state index contributed by atoms with van der Waals surface area (Å²) in [6.45, 7) is 1.80. The van der Waals surface area contributed by atoms with Crippen molar-refractivity contribution in [3.8, 4) is 11.4 Å². The first-order valence-corrected chi connectivity index (χ1v) is 6.76. The maximum Gasteiger partial charge on any atom is 0.435 e. The third kappa shape index (κ3) is 2.39. The van der Waals surface area contributed by atoms with Gasteiger partial charge in [-0.2, -0.15) is 23.3 Å². The zero-order valence-electron chi connectivity index (χ0n) is 12.3. The van der Waals surface area contributed by atoms with Gasteiger partial charge in [0.2, 0.25) is 5.82 Å². The average Bonchev–Trinajstić information content (AvgIpc) is 3.04. The summed E-state index contributed by atoms with van der Waals surface area (Å²) in [6.07, 6.45) is -1.44. The molecule has 1 atom stereocenters. The van der Waals surface area contributed by atoms with Crippen molar-refractivity contribution in [2.75, 3.05) is 7.11 Å². The molecular formula is C13H15F3N4O2. The Labute approximate surface area is 124 Å². The Balaban J connectivity index is 2.01. The Kier molecular flexibility index (Phi) is 3.28. The number of methoxy groups -OCH3 is 1. The van der Waals surface area contributed by atoms with Gasteiger partial charge in [-0.15, -0.1) is 0 Å². The van der Waals surface area contributed by atoms with E-state index in [9.17, 15) is 13.2 Å². The van der Waals surface area contributed by atoms with E-state index in [4.69, 9.17) is 9.26 Å². The molecule has 22 heavy (non-hydrogen) atoms. The molecule has 2 aromatic heterocycles. The van der Waals surface area contributed by atoms with Crippen LogP contribution in [0.2, 0.25) is 0 Å². The van der Waals surface area contributed by atoms with Crippen molar-refractivity contribution in [3.63, 3.8) is 0 Å². The predicted molar refractivity (Wildman–Crippen MR) is 68.6 cm³/mol. The number of rotatable bonds is 4. The van der Waals surface area contributed by atoms with E-state index in [0.29, 0.717) is 0 Å². The molecule has 1 aliphatic rings. The number of ether oxygens (including phenoxy) is 1.